The topological polar surface area (TPSA) is 0 Å². The standard InChI is InChI=1S/C12H12.HI/c1-3-7-11(8-4-1)12-9-5-2-6-10-12;/h1,3-5,7-10H,2,6H2;1H. The van der Waals surface area contributed by atoms with E-state index in [0.717, 1.165) is 0 Å². The van der Waals surface area contributed by atoms with Gasteiger partial charge in [0, 0.05) is 0 Å². The fourth-order valence-corrected chi connectivity index (χ4v) is 1.46. The molecule has 0 fully saturated rings. The van der Waals surface area contributed by atoms with Gasteiger partial charge in [0.25, 0.3) is 0 Å². The fraction of sp³-hybridized carbons (Fsp3) is 0.167. The number of hydrogen-bond donors (Lipinski definition) is 0. The number of allylic oxidation sites excluding steroid dienone is 4. The Balaban J connectivity index is 0.000000845. The van der Waals surface area contributed by atoms with Crippen molar-refractivity contribution in [3.8, 4) is 0 Å². The van der Waals surface area contributed by atoms with Gasteiger partial charge in [0.2, 0.25) is 0 Å². The van der Waals surface area contributed by atoms with Gasteiger partial charge in [-0.25, -0.2) is 0 Å². The Morgan fingerprint density at radius 2 is 1.69 bits per heavy atom. The highest BCUT2D eigenvalue weighted by Gasteiger charge is 1.98. The van der Waals surface area contributed by atoms with E-state index in [1.54, 1.807) is 0 Å². The van der Waals surface area contributed by atoms with Gasteiger partial charge in [0.1, 0.15) is 0 Å². The van der Waals surface area contributed by atoms with Gasteiger partial charge in [-0.2, -0.15) is 0 Å². The first-order chi connectivity index (χ1) is 5.97. The molecule has 0 atom stereocenters. The Morgan fingerprint density at radius 3 is 2.31 bits per heavy atom. The highest BCUT2D eigenvalue weighted by molar-refractivity contribution is 14.0. The highest BCUT2D eigenvalue weighted by Crippen LogP contribution is 2.20. The molecule has 13 heavy (non-hydrogen) atoms. The van der Waals surface area contributed by atoms with E-state index in [1.165, 1.54) is 24.0 Å². The molecule has 0 aromatic heterocycles. The van der Waals surface area contributed by atoms with E-state index in [9.17, 15) is 0 Å². The van der Waals surface area contributed by atoms with Crippen LogP contribution < -0.4 is 0 Å². The predicted octanol–water partition coefficient (Wildman–Crippen LogP) is 4.04. The molecule has 1 aromatic carbocycles. The molecule has 1 aliphatic rings. The molecule has 1 heteroatoms. The molecule has 0 aliphatic heterocycles. The third-order valence-corrected chi connectivity index (χ3v) is 2.10. The van der Waals surface area contributed by atoms with Crippen LogP contribution in [0.15, 0.2) is 48.6 Å². The molecule has 0 unspecified atom stereocenters. The molecule has 68 valence electrons. The van der Waals surface area contributed by atoms with Gasteiger partial charge in [-0.15, -0.1) is 24.0 Å². The van der Waals surface area contributed by atoms with Gasteiger partial charge < -0.3 is 0 Å². The number of rotatable bonds is 1. The second kappa shape index (κ2) is 5.22. The third kappa shape index (κ3) is 2.69. The Kier molecular flexibility index (Phi) is 4.22. The molecule has 2 rings (SSSR count). The summed E-state index contributed by atoms with van der Waals surface area (Å²) in [7, 11) is 0. The summed E-state index contributed by atoms with van der Waals surface area (Å²) in [5.41, 5.74) is 2.69. The van der Waals surface area contributed by atoms with Crippen LogP contribution in [-0.2, 0) is 0 Å². The largest absolute Gasteiger partial charge is 0.107 e. The van der Waals surface area contributed by atoms with Crippen LogP contribution in [0.3, 0.4) is 0 Å². The molecule has 0 saturated heterocycles. The average molecular weight is 284 g/mol. The Labute approximate surface area is 96.4 Å². The summed E-state index contributed by atoms with van der Waals surface area (Å²) >= 11 is 0. The van der Waals surface area contributed by atoms with Crippen LogP contribution in [0.25, 0.3) is 5.57 Å². The minimum atomic E-state index is 0. The zero-order valence-electron chi connectivity index (χ0n) is 7.44. The lowest BCUT2D eigenvalue weighted by molar-refractivity contribution is 1.04. The smallest absolute Gasteiger partial charge is 0.0187 e. The molecule has 0 heterocycles. The van der Waals surface area contributed by atoms with Gasteiger partial charge in [-0.1, -0.05) is 48.6 Å². The summed E-state index contributed by atoms with van der Waals surface area (Å²) in [6.45, 7) is 0. The maximum atomic E-state index is 2.30. The molecule has 0 N–H and O–H groups in total. The van der Waals surface area contributed by atoms with E-state index >= 15 is 0 Å². The first-order valence-electron chi connectivity index (χ1n) is 4.39. The van der Waals surface area contributed by atoms with Crippen molar-refractivity contribution in [2.75, 3.05) is 0 Å². The summed E-state index contributed by atoms with van der Waals surface area (Å²) in [6, 6.07) is 10.5. The van der Waals surface area contributed by atoms with E-state index in [0.29, 0.717) is 0 Å². The van der Waals surface area contributed by atoms with Crippen LogP contribution in [-0.4, -0.2) is 0 Å². The van der Waals surface area contributed by atoms with Crippen LogP contribution in [0.4, 0.5) is 0 Å². The second-order valence-corrected chi connectivity index (χ2v) is 3.01. The van der Waals surface area contributed by atoms with Crippen molar-refractivity contribution in [1.82, 2.24) is 0 Å². The van der Waals surface area contributed by atoms with Crippen molar-refractivity contribution in [3.63, 3.8) is 0 Å². The lowest BCUT2D eigenvalue weighted by atomic mass is 10.00. The van der Waals surface area contributed by atoms with Gasteiger partial charge in [0.05, 0.1) is 0 Å². The molecule has 1 aromatic rings. The quantitative estimate of drug-likeness (QED) is 0.683. The molecule has 0 nitrogen and oxygen atoms in total. The van der Waals surface area contributed by atoms with Crippen molar-refractivity contribution >= 4 is 29.5 Å². The normalized spacial score (nSPS) is 14.6. The van der Waals surface area contributed by atoms with Crippen LogP contribution in [0, 0.1) is 0 Å². The van der Waals surface area contributed by atoms with Crippen molar-refractivity contribution in [2.45, 2.75) is 12.8 Å². The summed E-state index contributed by atoms with van der Waals surface area (Å²) in [6.07, 6.45) is 9.12. The van der Waals surface area contributed by atoms with Gasteiger partial charge in [0.15, 0.2) is 0 Å². The Morgan fingerprint density at radius 1 is 0.923 bits per heavy atom. The minimum absolute atomic E-state index is 0. The van der Waals surface area contributed by atoms with E-state index < -0.39 is 0 Å². The first-order valence-corrected chi connectivity index (χ1v) is 4.39. The lowest BCUT2D eigenvalue weighted by Gasteiger charge is -2.05. The molecular weight excluding hydrogens is 271 g/mol. The van der Waals surface area contributed by atoms with E-state index in [-0.39, 0.29) is 24.0 Å². The van der Waals surface area contributed by atoms with Crippen molar-refractivity contribution < 1.29 is 0 Å². The SMILES string of the molecule is C1=CC(c2ccccc2)=CCC1.I. The van der Waals surface area contributed by atoms with Crippen molar-refractivity contribution in [1.29, 1.82) is 0 Å². The predicted molar refractivity (Wildman–Crippen MR) is 68.2 cm³/mol. The summed E-state index contributed by atoms with van der Waals surface area (Å²) in [5, 5.41) is 0. The zero-order valence-corrected chi connectivity index (χ0v) is 9.77. The number of hydrogen-bond acceptors (Lipinski definition) is 0. The highest BCUT2D eigenvalue weighted by atomic mass is 127. The first kappa shape index (κ1) is 10.5. The molecule has 0 bridgehead atoms. The Bertz CT molecular complexity index is 309. The van der Waals surface area contributed by atoms with Gasteiger partial charge in [-0.3, -0.25) is 0 Å². The zero-order chi connectivity index (χ0) is 8.23. The van der Waals surface area contributed by atoms with Crippen molar-refractivity contribution in [3.05, 3.63) is 54.1 Å². The number of halogens is 1. The average Bonchev–Trinajstić information content (AvgIpc) is 2.21. The summed E-state index contributed by atoms with van der Waals surface area (Å²) in [4.78, 5) is 0. The molecule has 0 saturated carbocycles. The molecule has 0 spiro atoms. The van der Waals surface area contributed by atoms with Gasteiger partial charge >= 0.3 is 0 Å². The summed E-state index contributed by atoms with van der Waals surface area (Å²) < 4.78 is 0. The molecule has 0 radical (unpaired) electrons. The maximum Gasteiger partial charge on any atom is -0.0187 e. The van der Waals surface area contributed by atoms with Crippen molar-refractivity contribution in [2.24, 2.45) is 0 Å². The summed E-state index contributed by atoms with van der Waals surface area (Å²) in [5.74, 6) is 0. The molecule has 0 amide bonds. The van der Waals surface area contributed by atoms with E-state index in [4.69, 9.17) is 0 Å². The molecule has 1 aliphatic carbocycles. The second-order valence-electron chi connectivity index (χ2n) is 3.01. The lowest BCUT2D eigenvalue weighted by Crippen LogP contribution is -1.84. The fourth-order valence-electron chi connectivity index (χ4n) is 1.46. The van der Waals surface area contributed by atoms with Crippen LogP contribution in [0.5, 0.6) is 0 Å². The minimum Gasteiger partial charge on any atom is -0.107 e. The Hall–Kier alpha value is -0.570. The van der Waals surface area contributed by atoms with Gasteiger partial charge in [-0.05, 0) is 24.0 Å². The van der Waals surface area contributed by atoms with Crippen LogP contribution in [0.1, 0.15) is 18.4 Å². The maximum absolute atomic E-state index is 2.30. The number of benzene rings is 1. The van der Waals surface area contributed by atoms with Crippen LogP contribution in [0.2, 0.25) is 0 Å². The monoisotopic (exact) mass is 284 g/mol. The molecular formula is C12H13I. The third-order valence-electron chi connectivity index (χ3n) is 2.10. The van der Waals surface area contributed by atoms with Crippen LogP contribution >= 0.6 is 24.0 Å². The van der Waals surface area contributed by atoms with E-state index in [1.807, 2.05) is 0 Å². The van der Waals surface area contributed by atoms with E-state index in [2.05, 4.69) is 48.6 Å².